The van der Waals surface area contributed by atoms with Crippen LogP contribution >= 0.6 is 0 Å². The summed E-state index contributed by atoms with van der Waals surface area (Å²) in [6, 6.07) is 0. The van der Waals surface area contributed by atoms with Crippen molar-refractivity contribution < 1.29 is 164 Å². The van der Waals surface area contributed by atoms with E-state index in [1.54, 1.807) is 0 Å². The predicted molar refractivity (Wildman–Crippen MR) is 67.9 cm³/mol. The predicted octanol–water partition coefficient (Wildman–Crippen LogP) is -13.6. The molecule has 0 aliphatic carbocycles. The van der Waals surface area contributed by atoms with Gasteiger partial charge in [0, 0.05) is 13.1 Å². The molecule has 0 radical (unpaired) electrons. The molecule has 0 aromatic carbocycles. The summed E-state index contributed by atoms with van der Waals surface area (Å²) in [6.45, 7) is -2.25. The van der Waals surface area contributed by atoms with Gasteiger partial charge in [-0.1, -0.05) is 0 Å². The molecular formula is C10H20N2Na4O8. The molecule has 0 spiro atoms. The SMILES string of the molecule is O=C(O)CN(CCN(CC(=O)O)CC(=O)O)CC(=O)O.[H-].[H-].[H-].[H-].[Na+].[Na+].[Na+].[Na+]. The van der Waals surface area contributed by atoms with Crippen LogP contribution < -0.4 is 118 Å². The molecule has 0 aromatic rings. The largest absolute Gasteiger partial charge is 1.00 e. The van der Waals surface area contributed by atoms with E-state index < -0.39 is 50.1 Å². The van der Waals surface area contributed by atoms with Crippen LogP contribution in [0.3, 0.4) is 0 Å². The van der Waals surface area contributed by atoms with Gasteiger partial charge in [0.05, 0.1) is 26.2 Å². The van der Waals surface area contributed by atoms with Crippen LogP contribution in [0.1, 0.15) is 5.71 Å². The number of aliphatic carboxylic acids is 4. The van der Waals surface area contributed by atoms with E-state index in [9.17, 15) is 19.2 Å². The topological polar surface area (TPSA) is 156 Å². The normalized spacial score (nSPS) is 8.92. The molecule has 24 heavy (non-hydrogen) atoms. The van der Waals surface area contributed by atoms with Crippen LogP contribution in [0, 0.1) is 0 Å². The van der Waals surface area contributed by atoms with Crippen LogP contribution in [0.4, 0.5) is 0 Å². The van der Waals surface area contributed by atoms with Crippen LogP contribution in [0.25, 0.3) is 0 Å². The second kappa shape index (κ2) is 21.1. The summed E-state index contributed by atoms with van der Waals surface area (Å²) in [4.78, 5) is 44.4. The van der Waals surface area contributed by atoms with Gasteiger partial charge in [0.2, 0.25) is 0 Å². The Labute approximate surface area is 233 Å². The van der Waals surface area contributed by atoms with Gasteiger partial charge in [-0.25, -0.2) is 0 Å². The number of rotatable bonds is 11. The molecule has 0 amide bonds. The van der Waals surface area contributed by atoms with Gasteiger partial charge in [-0.2, -0.15) is 0 Å². The Hall–Kier alpha value is 1.80. The molecule has 0 aromatic heterocycles. The van der Waals surface area contributed by atoms with E-state index in [4.69, 9.17) is 20.4 Å². The van der Waals surface area contributed by atoms with Gasteiger partial charge in [-0.3, -0.25) is 29.0 Å². The smallest absolute Gasteiger partial charge is 1.00 e. The molecule has 122 valence electrons. The minimum Gasteiger partial charge on any atom is -1.00 e. The number of carboxylic acids is 4. The van der Waals surface area contributed by atoms with E-state index in [-0.39, 0.29) is 137 Å². The van der Waals surface area contributed by atoms with E-state index in [0.717, 1.165) is 9.80 Å². The summed E-state index contributed by atoms with van der Waals surface area (Å²) in [5.41, 5.74) is 0. The van der Waals surface area contributed by atoms with Gasteiger partial charge in [0.25, 0.3) is 0 Å². The first-order valence-corrected chi connectivity index (χ1v) is 5.52. The summed E-state index contributed by atoms with van der Waals surface area (Å²) in [5, 5.41) is 34.5. The molecule has 4 N–H and O–H groups in total. The van der Waals surface area contributed by atoms with E-state index in [0.29, 0.717) is 0 Å². The van der Waals surface area contributed by atoms with Gasteiger partial charge >= 0.3 is 142 Å². The summed E-state index contributed by atoms with van der Waals surface area (Å²) in [6.07, 6.45) is 0. The van der Waals surface area contributed by atoms with E-state index in [1.807, 2.05) is 0 Å². The average molecular weight is 388 g/mol. The van der Waals surface area contributed by atoms with Gasteiger partial charge in [-0.05, 0) is 0 Å². The van der Waals surface area contributed by atoms with Crippen LogP contribution in [-0.2, 0) is 19.2 Å². The third kappa shape index (κ3) is 23.8. The van der Waals surface area contributed by atoms with Crippen molar-refractivity contribution in [3.8, 4) is 0 Å². The van der Waals surface area contributed by atoms with Crippen LogP contribution in [-0.4, -0.2) is 93.4 Å². The van der Waals surface area contributed by atoms with Crippen LogP contribution in [0.2, 0.25) is 0 Å². The van der Waals surface area contributed by atoms with Crippen molar-refractivity contribution in [2.24, 2.45) is 0 Å². The molecule has 0 heterocycles. The van der Waals surface area contributed by atoms with Crippen LogP contribution in [0.5, 0.6) is 0 Å². The fourth-order valence-electron chi connectivity index (χ4n) is 1.48. The number of hydrogen-bond donors (Lipinski definition) is 4. The second-order valence-electron chi connectivity index (χ2n) is 4.00. The maximum Gasteiger partial charge on any atom is 1.00 e. The van der Waals surface area contributed by atoms with Crippen molar-refractivity contribution in [2.75, 3.05) is 39.3 Å². The molecule has 0 saturated carbocycles. The number of carboxylic acid groups (broad SMARTS) is 4. The van der Waals surface area contributed by atoms with E-state index >= 15 is 0 Å². The molecular weight excluding hydrogens is 368 g/mol. The third-order valence-corrected chi connectivity index (χ3v) is 2.17. The molecule has 0 unspecified atom stereocenters. The maximum atomic E-state index is 10.6. The van der Waals surface area contributed by atoms with E-state index in [2.05, 4.69) is 0 Å². The Morgan fingerprint density at radius 1 is 0.542 bits per heavy atom. The van der Waals surface area contributed by atoms with Gasteiger partial charge in [0.1, 0.15) is 0 Å². The molecule has 0 bridgehead atoms. The molecule has 0 fully saturated rings. The van der Waals surface area contributed by atoms with Gasteiger partial charge in [0.15, 0.2) is 0 Å². The Balaban J connectivity index is -0.0000000645. The first-order chi connectivity index (χ1) is 9.20. The van der Waals surface area contributed by atoms with Crippen molar-refractivity contribution in [2.45, 2.75) is 0 Å². The number of carbonyl (C=O) groups is 4. The maximum absolute atomic E-state index is 10.6. The van der Waals surface area contributed by atoms with Crippen molar-refractivity contribution in [1.82, 2.24) is 9.80 Å². The summed E-state index contributed by atoms with van der Waals surface area (Å²) in [7, 11) is 0. The second-order valence-corrected chi connectivity index (χ2v) is 4.00. The zero-order valence-electron chi connectivity index (χ0n) is 18.6. The minimum atomic E-state index is -1.23. The Morgan fingerprint density at radius 2 is 0.708 bits per heavy atom. The van der Waals surface area contributed by atoms with Crippen molar-refractivity contribution >= 4 is 23.9 Å². The molecule has 0 atom stereocenters. The summed E-state index contributed by atoms with van der Waals surface area (Å²) < 4.78 is 0. The molecule has 0 aliphatic rings. The monoisotopic (exact) mass is 388 g/mol. The van der Waals surface area contributed by atoms with E-state index in [1.165, 1.54) is 0 Å². The fourth-order valence-corrected chi connectivity index (χ4v) is 1.48. The Kier molecular flexibility index (Phi) is 32.3. The molecule has 0 aliphatic heterocycles. The Bertz CT molecular complexity index is 348. The fraction of sp³-hybridized carbons (Fsp3) is 0.600. The third-order valence-electron chi connectivity index (χ3n) is 2.17. The minimum absolute atomic E-state index is 0. The first-order valence-electron chi connectivity index (χ1n) is 5.52. The summed E-state index contributed by atoms with van der Waals surface area (Å²) in [5.74, 6) is -4.91. The average Bonchev–Trinajstić information content (AvgIpc) is 2.22. The zero-order valence-corrected chi connectivity index (χ0v) is 22.6. The van der Waals surface area contributed by atoms with Crippen molar-refractivity contribution in [3.05, 3.63) is 0 Å². The quantitative estimate of drug-likeness (QED) is 0.251. The number of nitrogens with zero attached hydrogens (tertiary/aromatic N) is 2. The summed E-state index contributed by atoms with van der Waals surface area (Å²) >= 11 is 0. The first kappa shape index (κ1) is 36.7. The van der Waals surface area contributed by atoms with Gasteiger partial charge < -0.3 is 26.1 Å². The van der Waals surface area contributed by atoms with Crippen molar-refractivity contribution in [3.63, 3.8) is 0 Å². The number of hydrogen-bond acceptors (Lipinski definition) is 6. The zero-order chi connectivity index (χ0) is 15.7. The molecule has 0 rings (SSSR count). The Morgan fingerprint density at radius 3 is 0.833 bits per heavy atom. The van der Waals surface area contributed by atoms with Crippen LogP contribution in [0.15, 0.2) is 0 Å². The standard InChI is InChI=1S/C10H16N2O8.4Na.4H/c13-7(14)3-11(4-8(15)16)1-2-12(5-9(17)18)6-10(19)20;;;;;;;;/h1-6H2,(H,13,14)(H,15,16)(H,17,18)(H,19,20);;;;;;;;/q;4*+1;4*-1. The molecule has 0 saturated heterocycles. The van der Waals surface area contributed by atoms with Crippen molar-refractivity contribution in [1.29, 1.82) is 0 Å². The van der Waals surface area contributed by atoms with Gasteiger partial charge in [-0.15, -0.1) is 0 Å². The molecule has 14 heteroatoms. The molecule has 10 nitrogen and oxygen atoms in total.